The Morgan fingerprint density at radius 2 is 1.61 bits per heavy atom. The van der Waals surface area contributed by atoms with Crippen LogP contribution in [0.2, 0.25) is 0 Å². The highest BCUT2D eigenvalue weighted by molar-refractivity contribution is 7.99. The Labute approximate surface area is 191 Å². The van der Waals surface area contributed by atoms with E-state index in [1.807, 2.05) is 49.3 Å². The Balaban J connectivity index is 2.13. The summed E-state index contributed by atoms with van der Waals surface area (Å²) in [5.41, 5.74) is 2.37. The van der Waals surface area contributed by atoms with Gasteiger partial charge in [-0.1, -0.05) is 56.3 Å². The molecule has 1 N–H and O–H groups in total. The molecule has 0 heterocycles. The molecule has 2 amide bonds. The minimum absolute atomic E-state index is 0.0489. The first-order chi connectivity index (χ1) is 14.8. The van der Waals surface area contributed by atoms with Gasteiger partial charge in [0.2, 0.25) is 11.8 Å². The molecule has 5 nitrogen and oxygen atoms in total. The lowest BCUT2D eigenvalue weighted by Gasteiger charge is -2.29. The molecule has 0 saturated carbocycles. The quantitative estimate of drug-likeness (QED) is 0.536. The van der Waals surface area contributed by atoms with Crippen LogP contribution in [-0.4, -0.2) is 60.6 Å². The largest absolute Gasteiger partial charge is 0.344 e. The van der Waals surface area contributed by atoms with Crippen molar-refractivity contribution in [3.8, 4) is 0 Å². The van der Waals surface area contributed by atoms with Crippen molar-refractivity contribution < 1.29 is 9.59 Å². The van der Waals surface area contributed by atoms with Crippen molar-refractivity contribution in [3.05, 3.63) is 65.7 Å². The maximum atomic E-state index is 13.4. The lowest BCUT2D eigenvalue weighted by Crippen LogP contribution is -2.50. The molecule has 2 rings (SSSR count). The van der Waals surface area contributed by atoms with Crippen LogP contribution in [0, 0.1) is 0 Å². The fourth-order valence-electron chi connectivity index (χ4n) is 3.16. The predicted molar refractivity (Wildman–Crippen MR) is 129 cm³/mol. The van der Waals surface area contributed by atoms with Gasteiger partial charge in [-0.25, -0.2) is 0 Å². The van der Waals surface area contributed by atoms with Gasteiger partial charge >= 0.3 is 0 Å². The number of carbonyl (C=O) groups is 2. The van der Waals surface area contributed by atoms with E-state index >= 15 is 0 Å². The lowest BCUT2D eigenvalue weighted by atomic mass is 10.0. The summed E-state index contributed by atoms with van der Waals surface area (Å²) >= 11 is 1.59. The molecule has 0 spiro atoms. The molecule has 2 aromatic carbocycles. The van der Waals surface area contributed by atoms with Crippen LogP contribution in [0.15, 0.2) is 59.5 Å². The number of nitrogens with zero attached hydrogens (tertiary/aromatic N) is 2. The van der Waals surface area contributed by atoms with Gasteiger partial charge in [-0.3, -0.25) is 9.59 Å². The first kappa shape index (κ1) is 25.0. The fraction of sp³-hybridized carbons (Fsp3) is 0.440. The molecule has 0 bridgehead atoms. The second-order valence-corrected chi connectivity index (χ2v) is 9.43. The average molecular weight is 442 g/mol. The van der Waals surface area contributed by atoms with E-state index in [4.69, 9.17) is 0 Å². The Bertz CT molecular complexity index is 822. The van der Waals surface area contributed by atoms with Crippen LogP contribution < -0.4 is 5.32 Å². The Morgan fingerprint density at radius 3 is 2.16 bits per heavy atom. The first-order valence-electron chi connectivity index (χ1n) is 10.7. The van der Waals surface area contributed by atoms with Crippen molar-refractivity contribution in [2.45, 2.75) is 44.2 Å². The van der Waals surface area contributed by atoms with E-state index < -0.39 is 6.04 Å². The molecule has 0 saturated heterocycles. The van der Waals surface area contributed by atoms with E-state index in [2.05, 4.69) is 48.3 Å². The summed E-state index contributed by atoms with van der Waals surface area (Å²) in [5, 5.41) is 2.87. The highest BCUT2D eigenvalue weighted by Gasteiger charge is 2.25. The van der Waals surface area contributed by atoms with Crippen molar-refractivity contribution in [2.75, 3.05) is 32.9 Å². The van der Waals surface area contributed by atoms with Crippen LogP contribution in [0.1, 0.15) is 37.8 Å². The number of hydrogen-bond acceptors (Lipinski definition) is 4. The van der Waals surface area contributed by atoms with Crippen LogP contribution in [0.3, 0.4) is 0 Å². The van der Waals surface area contributed by atoms with E-state index in [-0.39, 0.29) is 11.8 Å². The standard InChI is InChI=1S/C25H35N3O2S/c1-19(2)22-11-13-23(14-12-22)31-18-24(26-20(3)29)25(30)28(16-15-27(4)5)17-21-9-7-6-8-10-21/h6-14,19,24H,15-18H2,1-5H3,(H,26,29). The Kier molecular flexibility index (Phi) is 10.1. The average Bonchev–Trinajstić information content (AvgIpc) is 2.74. The molecule has 0 aliphatic heterocycles. The van der Waals surface area contributed by atoms with Crippen LogP contribution in [0.5, 0.6) is 0 Å². The fourth-order valence-corrected chi connectivity index (χ4v) is 4.07. The van der Waals surface area contributed by atoms with Gasteiger partial charge in [0.25, 0.3) is 0 Å². The maximum Gasteiger partial charge on any atom is 0.246 e. The van der Waals surface area contributed by atoms with Crippen molar-refractivity contribution in [2.24, 2.45) is 0 Å². The number of carbonyl (C=O) groups excluding carboxylic acids is 2. The molecule has 0 radical (unpaired) electrons. The second kappa shape index (κ2) is 12.5. The van der Waals surface area contributed by atoms with Gasteiger partial charge in [0.05, 0.1) is 0 Å². The summed E-state index contributed by atoms with van der Waals surface area (Å²) in [6.07, 6.45) is 0. The molecule has 1 unspecified atom stereocenters. The zero-order chi connectivity index (χ0) is 22.8. The molecular formula is C25H35N3O2S. The summed E-state index contributed by atoms with van der Waals surface area (Å²) in [6.45, 7) is 7.69. The third kappa shape index (κ3) is 8.75. The summed E-state index contributed by atoms with van der Waals surface area (Å²) in [6, 6.07) is 17.8. The predicted octanol–water partition coefficient (Wildman–Crippen LogP) is 4.00. The number of likely N-dealkylation sites (N-methyl/N-ethyl adjacent to an activating group) is 1. The monoisotopic (exact) mass is 441 g/mol. The zero-order valence-electron chi connectivity index (χ0n) is 19.3. The number of rotatable bonds is 11. The highest BCUT2D eigenvalue weighted by atomic mass is 32.2. The van der Waals surface area contributed by atoms with E-state index in [0.29, 0.717) is 24.8 Å². The summed E-state index contributed by atoms with van der Waals surface area (Å²) < 4.78 is 0. The van der Waals surface area contributed by atoms with Gasteiger partial charge in [-0.2, -0.15) is 0 Å². The van der Waals surface area contributed by atoms with E-state index in [1.165, 1.54) is 12.5 Å². The maximum absolute atomic E-state index is 13.4. The van der Waals surface area contributed by atoms with Gasteiger partial charge in [0.1, 0.15) is 6.04 Å². The van der Waals surface area contributed by atoms with Crippen LogP contribution >= 0.6 is 11.8 Å². The molecule has 168 valence electrons. The molecule has 2 aromatic rings. The smallest absolute Gasteiger partial charge is 0.246 e. The molecule has 6 heteroatoms. The lowest BCUT2D eigenvalue weighted by molar-refractivity contribution is -0.136. The number of nitrogens with one attached hydrogen (secondary N) is 1. The number of benzene rings is 2. The van der Waals surface area contributed by atoms with Crippen molar-refractivity contribution in [1.29, 1.82) is 0 Å². The second-order valence-electron chi connectivity index (χ2n) is 8.34. The van der Waals surface area contributed by atoms with Gasteiger partial charge in [0.15, 0.2) is 0 Å². The van der Waals surface area contributed by atoms with E-state index in [1.54, 1.807) is 11.8 Å². The first-order valence-corrected chi connectivity index (χ1v) is 11.7. The summed E-state index contributed by atoms with van der Waals surface area (Å²) in [7, 11) is 3.99. The number of amides is 2. The van der Waals surface area contributed by atoms with E-state index in [9.17, 15) is 9.59 Å². The zero-order valence-corrected chi connectivity index (χ0v) is 20.1. The minimum Gasteiger partial charge on any atom is -0.344 e. The van der Waals surface area contributed by atoms with Gasteiger partial charge in [-0.15, -0.1) is 11.8 Å². The topological polar surface area (TPSA) is 52.7 Å². The highest BCUT2D eigenvalue weighted by Crippen LogP contribution is 2.23. The third-order valence-corrected chi connectivity index (χ3v) is 6.09. The van der Waals surface area contributed by atoms with E-state index in [0.717, 1.165) is 17.0 Å². The summed E-state index contributed by atoms with van der Waals surface area (Å²) in [4.78, 5) is 30.3. The SMILES string of the molecule is CC(=O)NC(CSc1ccc(C(C)C)cc1)C(=O)N(CCN(C)C)Cc1ccccc1. The van der Waals surface area contributed by atoms with Gasteiger partial charge < -0.3 is 15.1 Å². The molecular weight excluding hydrogens is 406 g/mol. The normalized spacial score (nSPS) is 12.1. The molecule has 0 aliphatic rings. The molecule has 1 atom stereocenters. The molecule has 0 aliphatic carbocycles. The van der Waals surface area contributed by atoms with Gasteiger partial charge in [-0.05, 0) is 43.3 Å². The van der Waals surface area contributed by atoms with Crippen LogP contribution in [0.4, 0.5) is 0 Å². The van der Waals surface area contributed by atoms with Crippen molar-refractivity contribution in [3.63, 3.8) is 0 Å². The Hall–Kier alpha value is -2.31. The van der Waals surface area contributed by atoms with Gasteiger partial charge in [0, 0.05) is 37.2 Å². The molecule has 0 aromatic heterocycles. The van der Waals surface area contributed by atoms with Crippen molar-refractivity contribution in [1.82, 2.24) is 15.1 Å². The van der Waals surface area contributed by atoms with Crippen LogP contribution in [-0.2, 0) is 16.1 Å². The summed E-state index contributed by atoms with van der Waals surface area (Å²) in [5.74, 6) is 0.733. The molecule has 0 fully saturated rings. The Morgan fingerprint density at radius 1 is 0.968 bits per heavy atom. The van der Waals surface area contributed by atoms with Crippen molar-refractivity contribution >= 4 is 23.6 Å². The number of thioether (sulfide) groups is 1. The molecule has 31 heavy (non-hydrogen) atoms. The van der Waals surface area contributed by atoms with Crippen LogP contribution in [0.25, 0.3) is 0 Å². The third-order valence-electron chi connectivity index (χ3n) is 4.98. The number of hydrogen-bond donors (Lipinski definition) is 1. The minimum atomic E-state index is -0.571.